The van der Waals surface area contributed by atoms with Crippen LogP contribution in [0.2, 0.25) is 5.28 Å². The number of aromatic nitrogens is 2. The molecule has 100 valence electrons. The molecule has 2 rings (SSSR count). The van der Waals surface area contributed by atoms with Crippen LogP contribution < -0.4 is 5.73 Å². The summed E-state index contributed by atoms with van der Waals surface area (Å²) in [6, 6.07) is 7.36. The molecule has 0 saturated heterocycles. The number of rotatable bonds is 2. The van der Waals surface area contributed by atoms with E-state index in [0.29, 0.717) is 5.69 Å². The van der Waals surface area contributed by atoms with Crippen LogP contribution in [0.5, 0.6) is 0 Å². The molecule has 2 aromatic rings. The minimum Gasteiger partial charge on any atom is -0.369 e. The molecule has 1 heterocycles. The van der Waals surface area contributed by atoms with Gasteiger partial charge in [-0.25, -0.2) is 9.97 Å². The second-order valence-corrected chi connectivity index (χ2v) is 4.56. The lowest BCUT2D eigenvalue weighted by Crippen LogP contribution is -2.14. The standard InChI is InChI=1S/C15H12ClN3O/c1-10-9-18-15(16)19-13(10)7-6-11-4-2-3-5-12(11)8-14(17)20/h2-5,9H,8H2,1H3,(H2,17,20). The van der Waals surface area contributed by atoms with Crippen molar-refractivity contribution < 1.29 is 4.79 Å². The van der Waals surface area contributed by atoms with Crippen molar-refractivity contribution >= 4 is 17.5 Å². The van der Waals surface area contributed by atoms with Gasteiger partial charge in [0.2, 0.25) is 11.2 Å². The summed E-state index contributed by atoms with van der Waals surface area (Å²) in [5, 5.41) is 0.158. The Bertz CT molecular complexity index is 717. The number of carbonyl (C=O) groups is 1. The van der Waals surface area contributed by atoms with E-state index in [4.69, 9.17) is 17.3 Å². The molecule has 0 radical (unpaired) electrons. The van der Waals surface area contributed by atoms with E-state index in [1.807, 2.05) is 31.2 Å². The van der Waals surface area contributed by atoms with Crippen LogP contribution >= 0.6 is 11.6 Å². The quantitative estimate of drug-likeness (QED) is 0.676. The fourth-order valence-corrected chi connectivity index (χ4v) is 1.79. The maximum atomic E-state index is 11.0. The Morgan fingerprint density at radius 3 is 2.85 bits per heavy atom. The van der Waals surface area contributed by atoms with Crippen LogP contribution in [0.1, 0.15) is 22.4 Å². The van der Waals surface area contributed by atoms with Crippen LogP contribution in [0.25, 0.3) is 0 Å². The molecule has 4 nitrogen and oxygen atoms in total. The second-order valence-electron chi connectivity index (χ2n) is 4.22. The van der Waals surface area contributed by atoms with Crippen LogP contribution in [0.3, 0.4) is 0 Å². The third kappa shape index (κ3) is 3.56. The van der Waals surface area contributed by atoms with Gasteiger partial charge in [0.15, 0.2) is 0 Å². The first-order valence-electron chi connectivity index (χ1n) is 5.93. The van der Waals surface area contributed by atoms with E-state index in [9.17, 15) is 4.79 Å². The molecule has 5 heteroatoms. The number of amides is 1. The molecular weight excluding hydrogens is 274 g/mol. The number of benzene rings is 1. The maximum absolute atomic E-state index is 11.0. The van der Waals surface area contributed by atoms with E-state index in [1.165, 1.54) is 0 Å². The van der Waals surface area contributed by atoms with Gasteiger partial charge < -0.3 is 5.73 Å². The van der Waals surface area contributed by atoms with Gasteiger partial charge in [-0.1, -0.05) is 24.1 Å². The zero-order chi connectivity index (χ0) is 14.5. The number of aryl methyl sites for hydroxylation is 1. The Balaban J connectivity index is 2.38. The number of nitrogens with two attached hydrogens (primary N) is 1. The largest absolute Gasteiger partial charge is 0.369 e. The molecule has 1 aromatic carbocycles. The summed E-state index contributed by atoms with van der Waals surface area (Å²) in [6.07, 6.45) is 1.78. The molecule has 0 bridgehead atoms. The molecule has 1 amide bonds. The van der Waals surface area contributed by atoms with Crippen molar-refractivity contribution in [2.45, 2.75) is 13.3 Å². The van der Waals surface area contributed by atoms with Gasteiger partial charge in [-0.15, -0.1) is 0 Å². The molecule has 2 N–H and O–H groups in total. The van der Waals surface area contributed by atoms with E-state index >= 15 is 0 Å². The highest BCUT2D eigenvalue weighted by Crippen LogP contribution is 2.10. The Labute approximate surface area is 122 Å². The summed E-state index contributed by atoms with van der Waals surface area (Å²) in [7, 11) is 0. The number of halogens is 1. The molecule has 20 heavy (non-hydrogen) atoms. The summed E-state index contributed by atoms with van der Waals surface area (Å²) in [4.78, 5) is 19.0. The van der Waals surface area contributed by atoms with Crippen molar-refractivity contribution in [2.24, 2.45) is 5.73 Å². The summed E-state index contributed by atoms with van der Waals surface area (Å²) < 4.78 is 0. The molecule has 0 saturated carbocycles. The minimum absolute atomic E-state index is 0.158. The van der Waals surface area contributed by atoms with Crippen molar-refractivity contribution in [3.63, 3.8) is 0 Å². The number of nitrogens with zero attached hydrogens (tertiary/aromatic N) is 2. The maximum Gasteiger partial charge on any atom is 0.223 e. The third-order valence-electron chi connectivity index (χ3n) is 2.64. The highest BCUT2D eigenvalue weighted by atomic mass is 35.5. The monoisotopic (exact) mass is 285 g/mol. The van der Waals surface area contributed by atoms with Gasteiger partial charge in [-0.2, -0.15) is 0 Å². The van der Waals surface area contributed by atoms with Crippen molar-refractivity contribution in [3.05, 3.63) is 58.1 Å². The van der Waals surface area contributed by atoms with E-state index < -0.39 is 0 Å². The van der Waals surface area contributed by atoms with E-state index in [-0.39, 0.29) is 17.6 Å². The van der Waals surface area contributed by atoms with Gasteiger partial charge in [0.25, 0.3) is 0 Å². The molecule has 0 unspecified atom stereocenters. The normalized spacial score (nSPS) is 9.70. The van der Waals surface area contributed by atoms with Gasteiger partial charge in [0.1, 0.15) is 5.69 Å². The first-order chi connectivity index (χ1) is 9.56. The number of hydrogen-bond donors (Lipinski definition) is 1. The van der Waals surface area contributed by atoms with Crippen LogP contribution in [0, 0.1) is 18.8 Å². The number of hydrogen-bond acceptors (Lipinski definition) is 3. The van der Waals surface area contributed by atoms with Crippen molar-refractivity contribution in [2.75, 3.05) is 0 Å². The van der Waals surface area contributed by atoms with Crippen molar-refractivity contribution in [1.29, 1.82) is 0 Å². The highest BCUT2D eigenvalue weighted by Gasteiger charge is 2.03. The Hall–Kier alpha value is -2.38. The molecule has 0 aliphatic heterocycles. The fraction of sp³-hybridized carbons (Fsp3) is 0.133. The third-order valence-corrected chi connectivity index (χ3v) is 2.82. The molecule has 1 aromatic heterocycles. The summed E-state index contributed by atoms with van der Waals surface area (Å²) in [5.74, 6) is 5.55. The van der Waals surface area contributed by atoms with Crippen LogP contribution in [0.4, 0.5) is 0 Å². The zero-order valence-corrected chi connectivity index (χ0v) is 11.6. The molecule has 0 aliphatic carbocycles. The lowest BCUT2D eigenvalue weighted by atomic mass is 10.0. The molecule has 0 atom stereocenters. The molecule has 0 fully saturated rings. The molecule has 0 aliphatic rings. The highest BCUT2D eigenvalue weighted by molar-refractivity contribution is 6.28. The van der Waals surface area contributed by atoms with Crippen molar-refractivity contribution in [1.82, 2.24) is 9.97 Å². The fourth-order valence-electron chi connectivity index (χ4n) is 1.66. The van der Waals surface area contributed by atoms with Crippen LogP contribution in [0.15, 0.2) is 30.5 Å². The number of carbonyl (C=O) groups excluding carboxylic acids is 1. The predicted octanol–water partition coefficient (Wildman–Crippen LogP) is 1.87. The Kier molecular flexibility index (Phi) is 4.34. The molecular formula is C15H12ClN3O. The van der Waals surface area contributed by atoms with Crippen LogP contribution in [-0.2, 0) is 11.2 Å². The first-order valence-corrected chi connectivity index (χ1v) is 6.31. The van der Waals surface area contributed by atoms with Gasteiger partial charge in [0.05, 0.1) is 6.42 Å². The lowest BCUT2D eigenvalue weighted by molar-refractivity contribution is -0.117. The summed E-state index contributed by atoms with van der Waals surface area (Å²) in [5.41, 5.74) is 8.18. The van der Waals surface area contributed by atoms with E-state index in [2.05, 4.69) is 21.8 Å². The topological polar surface area (TPSA) is 68.9 Å². The summed E-state index contributed by atoms with van der Waals surface area (Å²) in [6.45, 7) is 1.86. The average Bonchev–Trinajstić information content (AvgIpc) is 2.41. The SMILES string of the molecule is Cc1cnc(Cl)nc1C#Cc1ccccc1CC(N)=O. The first kappa shape index (κ1) is 14.0. The van der Waals surface area contributed by atoms with Crippen molar-refractivity contribution in [3.8, 4) is 11.8 Å². The van der Waals surface area contributed by atoms with Gasteiger partial charge in [-0.3, -0.25) is 4.79 Å². The Morgan fingerprint density at radius 2 is 2.10 bits per heavy atom. The zero-order valence-electron chi connectivity index (χ0n) is 10.9. The predicted molar refractivity (Wildman–Crippen MR) is 77.1 cm³/mol. The van der Waals surface area contributed by atoms with Gasteiger partial charge in [0, 0.05) is 17.3 Å². The van der Waals surface area contributed by atoms with E-state index in [0.717, 1.165) is 16.7 Å². The summed E-state index contributed by atoms with van der Waals surface area (Å²) >= 11 is 5.75. The molecule has 0 spiro atoms. The minimum atomic E-state index is -0.388. The Morgan fingerprint density at radius 1 is 1.35 bits per heavy atom. The lowest BCUT2D eigenvalue weighted by Gasteiger charge is -2.01. The smallest absolute Gasteiger partial charge is 0.223 e. The van der Waals surface area contributed by atoms with Gasteiger partial charge in [-0.05, 0) is 36.1 Å². The number of primary amides is 1. The van der Waals surface area contributed by atoms with Crippen LogP contribution in [-0.4, -0.2) is 15.9 Å². The average molecular weight is 286 g/mol. The van der Waals surface area contributed by atoms with E-state index in [1.54, 1.807) is 6.20 Å². The second kappa shape index (κ2) is 6.18. The van der Waals surface area contributed by atoms with Gasteiger partial charge >= 0.3 is 0 Å².